The number of aliphatic hydroxyl groups excluding tert-OH is 1. The summed E-state index contributed by atoms with van der Waals surface area (Å²) in [5.74, 6) is -2.20. The minimum atomic E-state index is -4.98. The first-order valence-electron chi connectivity index (χ1n) is 40.8. The zero-order valence-corrected chi connectivity index (χ0v) is 66.6. The Hall–Kier alpha value is -3.76. The fourth-order valence-electron chi connectivity index (χ4n) is 11.1. The van der Waals surface area contributed by atoms with E-state index in [2.05, 4.69) is 113 Å². The van der Waals surface area contributed by atoms with Gasteiger partial charge in [0.25, 0.3) is 0 Å². The van der Waals surface area contributed by atoms with Gasteiger partial charge in [-0.15, -0.1) is 0 Å². The molecule has 0 aromatic carbocycles. The van der Waals surface area contributed by atoms with Gasteiger partial charge in [-0.25, -0.2) is 9.13 Å². The van der Waals surface area contributed by atoms with Gasteiger partial charge in [-0.3, -0.25) is 37.3 Å². The molecule has 102 heavy (non-hydrogen) atoms. The van der Waals surface area contributed by atoms with Crippen LogP contribution in [-0.2, 0) is 65.4 Å². The highest BCUT2D eigenvalue weighted by Crippen LogP contribution is 2.45. The van der Waals surface area contributed by atoms with Gasteiger partial charge in [0.05, 0.1) is 26.4 Å². The molecule has 19 heteroatoms. The first-order chi connectivity index (χ1) is 49.7. The number of hydrogen-bond acceptors (Lipinski definition) is 15. The van der Waals surface area contributed by atoms with Gasteiger partial charge in [-0.1, -0.05) is 299 Å². The number of phosphoric acid groups is 2. The maximum absolute atomic E-state index is 13.1. The summed E-state index contributed by atoms with van der Waals surface area (Å²) in [4.78, 5) is 73.0. The predicted octanol–water partition coefficient (Wildman–Crippen LogP) is 23.8. The monoisotopic (exact) mass is 1480 g/mol. The fraction of sp³-hybridized carbons (Fsp3) is 0.783. The summed E-state index contributed by atoms with van der Waals surface area (Å²) in [5.41, 5.74) is 0. The van der Waals surface area contributed by atoms with Gasteiger partial charge in [0.1, 0.15) is 19.3 Å². The molecule has 0 aromatic rings. The van der Waals surface area contributed by atoms with E-state index >= 15 is 0 Å². The SMILES string of the molecule is CC/C=C\C/C=C\C/C=C\C/C=C\C/C=C\CCCCCC(=O)O[C@H](COC(=O)CCCCCCCCCCCCCCC)COP(=O)(O)OCC(O)COP(=O)(O)OC[C@@H](COC(=O)CCCCCCCCC/C=C\CCCCCC)OC(=O)CCCCCCC/C=C\CCCCCCCC. The van der Waals surface area contributed by atoms with Crippen molar-refractivity contribution in [1.29, 1.82) is 0 Å². The Labute approximate surface area is 621 Å². The van der Waals surface area contributed by atoms with Crippen LogP contribution in [0.25, 0.3) is 0 Å². The Morgan fingerprint density at radius 3 is 0.814 bits per heavy atom. The van der Waals surface area contributed by atoms with E-state index in [4.69, 9.17) is 37.0 Å². The molecular weight excluding hydrogens is 1330 g/mol. The number of allylic oxidation sites excluding steroid dienone is 14. The lowest BCUT2D eigenvalue weighted by Gasteiger charge is -2.21. The van der Waals surface area contributed by atoms with Crippen LogP contribution in [0.5, 0.6) is 0 Å². The molecule has 0 rings (SSSR count). The lowest BCUT2D eigenvalue weighted by atomic mass is 10.0. The van der Waals surface area contributed by atoms with Crippen molar-refractivity contribution in [1.82, 2.24) is 0 Å². The van der Waals surface area contributed by atoms with E-state index in [1.165, 1.54) is 135 Å². The first-order valence-corrected chi connectivity index (χ1v) is 43.8. The number of hydrogen-bond donors (Lipinski definition) is 3. The molecule has 3 unspecified atom stereocenters. The van der Waals surface area contributed by atoms with E-state index in [1.807, 2.05) is 0 Å². The van der Waals surface area contributed by atoms with Crippen LogP contribution in [0.4, 0.5) is 0 Å². The van der Waals surface area contributed by atoms with Crippen LogP contribution in [0.15, 0.2) is 85.1 Å². The van der Waals surface area contributed by atoms with Crippen molar-refractivity contribution in [2.24, 2.45) is 0 Å². The molecule has 0 amide bonds. The maximum atomic E-state index is 13.1. The third-order valence-corrected chi connectivity index (χ3v) is 19.2. The van der Waals surface area contributed by atoms with E-state index in [0.29, 0.717) is 25.7 Å². The Bertz CT molecular complexity index is 2260. The quantitative estimate of drug-likeness (QED) is 0.0169. The second-order valence-corrected chi connectivity index (χ2v) is 30.2. The number of ether oxygens (including phenoxy) is 4. The fourth-order valence-corrected chi connectivity index (χ4v) is 12.7. The minimum absolute atomic E-state index is 0.0584. The highest BCUT2D eigenvalue weighted by atomic mass is 31.2. The number of carbonyl (C=O) groups is 4. The molecule has 0 aliphatic heterocycles. The van der Waals surface area contributed by atoms with Crippen molar-refractivity contribution >= 4 is 39.5 Å². The topological polar surface area (TPSA) is 237 Å². The molecule has 592 valence electrons. The minimum Gasteiger partial charge on any atom is -0.462 e. The number of rotatable bonds is 77. The number of esters is 4. The lowest BCUT2D eigenvalue weighted by Crippen LogP contribution is -2.30. The van der Waals surface area contributed by atoms with Crippen LogP contribution < -0.4 is 0 Å². The van der Waals surface area contributed by atoms with Crippen molar-refractivity contribution in [3.05, 3.63) is 85.1 Å². The largest absolute Gasteiger partial charge is 0.472 e. The number of aliphatic hydroxyl groups is 1. The molecule has 3 N–H and O–H groups in total. The molecule has 5 atom stereocenters. The van der Waals surface area contributed by atoms with Gasteiger partial charge >= 0.3 is 39.5 Å². The van der Waals surface area contributed by atoms with Crippen molar-refractivity contribution in [2.45, 2.75) is 380 Å². The van der Waals surface area contributed by atoms with Gasteiger partial charge in [0, 0.05) is 25.7 Å². The third-order valence-electron chi connectivity index (χ3n) is 17.3. The predicted molar refractivity (Wildman–Crippen MR) is 418 cm³/mol. The van der Waals surface area contributed by atoms with Crippen LogP contribution in [0.2, 0.25) is 0 Å². The molecule has 0 saturated heterocycles. The molecule has 0 bridgehead atoms. The Morgan fingerprint density at radius 1 is 0.284 bits per heavy atom. The van der Waals surface area contributed by atoms with Gasteiger partial charge in [0.15, 0.2) is 12.2 Å². The average Bonchev–Trinajstić information content (AvgIpc) is 0.924. The van der Waals surface area contributed by atoms with E-state index in [1.54, 1.807) is 0 Å². The van der Waals surface area contributed by atoms with Crippen LogP contribution in [-0.4, -0.2) is 96.7 Å². The second kappa shape index (κ2) is 75.5. The number of phosphoric ester groups is 2. The molecule has 0 spiro atoms. The van der Waals surface area contributed by atoms with Crippen LogP contribution in [0, 0.1) is 0 Å². The molecule has 0 fully saturated rings. The lowest BCUT2D eigenvalue weighted by molar-refractivity contribution is -0.161. The van der Waals surface area contributed by atoms with E-state index in [9.17, 15) is 43.2 Å². The standard InChI is InChI=1S/C83H148O17P2/c1-5-9-13-17-21-25-29-33-36-37-38-39-42-46-50-54-58-62-66-70-83(88)100-78(73-93-80(85)67-63-59-55-51-47-43-32-28-24-20-16-12-8-4)75-97-101(89,90)95-71-77(84)72-96-102(91,92)98-76-79(99-82(87)69-65-61-57-53-49-45-41-35-31-27-23-19-15-11-7-3)74-94-81(86)68-64-60-56-52-48-44-40-34-30-26-22-18-14-10-6-2/h9,13,21,25-26,30,33,35-36,38-39,41,46,50,77-79,84H,5-8,10-12,14-20,22-24,27-29,31-32,34,37,40,42-45,47-49,51-76H2,1-4H3,(H,89,90)(H,91,92)/b13-9-,25-21-,30-26-,36-33-,39-38-,41-35-,50-46-/t77?,78-,79-/m1/s1. The maximum Gasteiger partial charge on any atom is 0.472 e. The summed E-state index contributed by atoms with van der Waals surface area (Å²) in [6, 6.07) is 0. The molecule has 0 heterocycles. The van der Waals surface area contributed by atoms with Gasteiger partial charge in [-0.05, 0) is 122 Å². The smallest absolute Gasteiger partial charge is 0.462 e. The summed E-state index contributed by atoms with van der Waals surface area (Å²) in [7, 11) is -9.96. The summed E-state index contributed by atoms with van der Waals surface area (Å²) in [6.07, 6.45) is 78.4. The van der Waals surface area contributed by atoms with Crippen LogP contribution >= 0.6 is 15.6 Å². The van der Waals surface area contributed by atoms with Crippen molar-refractivity contribution in [2.75, 3.05) is 39.6 Å². The molecule has 0 radical (unpaired) electrons. The molecule has 0 saturated carbocycles. The summed E-state index contributed by atoms with van der Waals surface area (Å²) in [5, 5.41) is 10.6. The Balaban J connectivity index is 5.37. The molecule has 17 nitrogen and oxygen atoms in total. The van der Waals surface area contributed by atoms with Gasteiger partial charge in [-0.2, -0.15) is 0 Å². The van der Waals surface area contributed by atoms with Crippen molar-refractivity contribution in [3.8, 4) is 0 Å². The highest BCUT2D eigenvalue weighted by Gasteiger charge is 2.30. The second-order valence-electron chi connectivity index (χ2n) is 27.3. The zero-order chi connectivity index (χ0) is 74.6. The van der Waals surface area contributed by atoms with Crippen LogP contribution in [0.1, 0.15) is 362 Å². The zero-order valence-electron chi connectivity index (χ0n) is 64.8. The van der Waals surface area contributed by atoms with Crippen molar-refractivity contribution in [3.63, 3.8) is 0 Å². The number of unbranched alkanes of at least 4 members (excludes halogenated alkanes) is 37. The van der Waals surface area contributed by atoms with Gasteiger partial charge in [0.2, 0.25) is 0 Å². The Kier molecular flexibility index (Phi) is 72.7. The molecule has 0 aromatic heterocycles. The summed E-state index contributed by atoms with van der Waals surface area (Å²) in [6.45, 7) is 4.75. The first kappa shape index (κ1) is 98.2. The summed E-state index contributed by atoms with van der Waals surface area (Å²) < 4.78 is 68.6. The van der Waals surface area contributed by atoms with Crippen LogP contribution in [0.3, 0.4) is 0 Å². The Morgan fingerprint density at radius 2 is 0.510 bits per heavy atom. The number of carbonyl (C=O) groups excluding carboxylic acids is 4. The van der Waals surface area contributed by atoms with E-state index in [-0.39, 0.29) is 25.7 Å². The normalized spacial score (nSPS) is 14.3. The third kappa shape index (κ3) is 74.5. The molecule has 0 aliphatic rings. The molecular formula is C83H148O17P2. The van der Waals surface area contributed by atoms with E-state index in [0.717, 1.165) is 148 Å². The highest BCUT2D eigenvalue weighted by molar-refractivity contribution is 7.47. The van der Waals surface area contributed by atoms with E-state index < -0.39 is 97.5 Å². The average molecular weight is 1480 g/mol. The molecule has 0 aliphatic carbocycles. The van der Waals surface area contributed by atoms with Gasteiger partial charge < -0.3 is 33.8 Å². The summed E-state index contributed by atoms with van der Waals surface area (Å²) >= 11 is 0. The van der Waals surface area contributed by atoms with Crippen molar-refractivity contribution < 1.29 is 80.2 Å².